The van der Waals surface area contributed by atoms with Crippen molar-refractivity contribution >= 4 is 40.7 Å². The summed E-state index contributed by atoms with van der Waals surface area (Å²) in [6.07, 6.45) is 0.988. The van der Waals surface area contributed by atoms with Gasteiger partial charge in [-0.3, -0.25) is 4.79 Å². The molecule has 2 aliphatic heterocycles. The van der Waals surface area contributed by atoms with Crippen LogP contribution in [0.1, 0.15) is 13.8 Å². The number of halogens is 2. The van der Waals surface area contributed by atoms with Crippen LogP contribution >= 0.6 is 0 Å². The van der Waals surface area contributed by atoms with Crippen LogP contribution in [0.3, 0.4) is 0 Å². The second-order valence-electron chi connectivity index (χ2n) is 8.52. The fourth-order valence-corrected chi connectivity index (χ4v) is 3.68. The van der Waals surface area contributed by atoms with E-state index in [4.69, 9.17) is 9.47 Å². The molecular weight excluding hydrogens is 460 g/mol. The summed E-state index contributed by atoms with van der Waals surface area (Å²) >= 11 is 0. The number of nitrogens with zero attached hydrogens (tertiary/aromatic N) is 4. The van der Waals surface area contributed by atoms with Crippen LogP contribution in [-0.4, -0.2) is 52.8 Å². The predicted molar refractivity (Wildman–Crippen MR) is 126 cm³/mol. The molecule has 182 valence electrons. The molecule has 2 aliphatic rings. The maximum atomic E-state index is 14.7. The first kappa shape index (κ1) is 22.7. The van der Waals surface area contributed by atoms with Crippen molar-refractivity contribution in [2.24, 2.45) is 0 Å². The number of carbonyl (C=O) groups excluding carboxylic acids is 1. The average Bonchev–Trinajstić information content (AvgIpc) is 2.83. The third-order valence-electron chi connectivity index (χ3n) is 5.55. The number of pyridine rings is 1. The summed E-state index contributed by atoms with van der Waals surface area (Å²) in [7, 11) is 0. The molecule has 0 radical (unpaired) electrons. The van der Waals surface area contributed by atoms with Crippen molar-refractivity contribution in [1.82, 2.24) is 15.0 Å². The number of morpholine rings is 1. The zero-order valence-corrected chi connectivity index (χ0v) is 19.1. The molecule has 0 bridgehead atoms. The van der Waals surface area contributed by atoms with Crippen LogP contribution in [0.2, 0.25) is 0 Å². The van der Waals surface area contributed by atoms with E-state index in [2.05, 4.69) is 30.9 Å². The Hall–Kier alpha value is -4.06. The number of rotatable bonds is 5. The largest absolute Gasteiger partial charge is 0.474 e. The maximum Gasteiger partial charge on any atom is 0.269 e. The lowest BCUT2D eigenvalue weighted by Crippen LogP contribution is -2.46. The van der Waals surface area contributed by atoms with E-state index in [0.29, 0.717) is 43.4 Å². The quantitative estimate of drug-likeness (QED) is 0.501. The van der Waals surface area contributed by atoms with Crippen molar-refractivity contribution in [2.45, 2.75) is 19.4 Å². The van der Waals surface area contributed by atoms with E-state index in [0.717, 1.165) is 6.20 Å². The van der Waals surface area contributed by atoms with Gasteiger partial charge in [0.1, 0.15) is 11.6 Å². The number of fused-ring (bicyclic) bond motifs is 1. The summed E-state index contributed by atoms with van der Waals surface area (Å²) in [4.78, 5) is 26.4. The summed E-state index contributed by atoms with van der Waals surface area (Å²) in [5.74, 6) is -0.713. The van der Waals surface area contributed by atoms with Gasteiger partial charge in [0.2, 0.25) is 5.95 Å². The molecule has 0 spiro atoms. The molecule has 12 heteroatoms. The topological polar surface area (TPSA) is 114 Å². The first-order valence-electron chi connectivity index (χ1n) is 11.0. The Morgan fingerprint density at radius 2 is 1.86 bits per heavy atom. The zero-order valence-electron chi connectivity index (χ0n) is 19.1. The van der Waals surface area contributed by atoms with E-state index in [1.807, 2.05) is 4.90 Å². The first-order valence-corrected chi connectivity index (χ1v) is 11.0. The Kier molecular flexibility index (Phi) is 5.81. The van der Waals surface area contributed by atoms with Gasteiger partial charge >= 0.3 is 0 Å². The smallest absolute Gasteiger partial charge is 0.269 e. The summed E-state index contributed by atoms with van der Waals surface area (Å²) in [5.41, 5.74) is -0.131. The standard InChI is InChI=1S/C23H23F2N7O3/c1-23(2)21(33)30-20-17(35-23)5-6-18(29-20)28-19-15(25)12-26-22(31-19)27-13-3-4-16(14(24)11-13)32-7-9-34-10-8-32/h3-6,11-12H,7-10H2,1-2H3,(H3,26,27,28,29,30,31,33). The molecule has 3 N–H and O–H groups in total. The Labute approximate surface area is 199 Å². The fourth-order valence-electron chi connectivity index (χ4n) is 3.68. The second kappa shape index (κ2) is 8.95. The van der Waals surface area contributed by atoms with E-state index >= 15 is 0 Å². The third-order valence-corrected chi connectivity index (χ3v) is 5.55. The fraction of sp³-hybridized carbons (Fsp3) is 0.304. The van der Waals surface area contributed by atoms with Crippen LogP contribution in [-0.2, 0) is 9.53 Å². The average molecular weight is 483 g/mol. The first-order chi connectivity index (χ1) is 16.8. The number of anilines is 6. The number of carbonyl (C=O) groups is 1. The minimum atomic E-state index is -1.02. The summed E-state index contributed by atoms with van der Waals surface area (Å²) in [5, 5.41) is 8.32. The van der Waals surface area contributed by atoms with Gasteiger partial charge in [-0.15, -0.1) is 0 Å². The SMILES string of the molecule is CC1(C)Oc2ccc(Nc3nc(Nc4ccc(N5CCOCC5)c(F)c4)ncc3F)nc2NC1=O. The Bertz CT molecular complexity index is 1280. The molecule has 1 aromatic carbocycles. The highest BCUT2D eigenvalue weighted by Crippen LogP contribution is 2.33. The van der Waals surface area contributed by atoms with Crippen LogP contribution in [0.4, 0.5) is 43.6 Å². The normalized spacial score (nSPS) is 16.7. The molecule has 1 fully saturated rings. The van der Waals surface area contributed by atoms with Gasteiger partial charge < -0.3 is 30.3 Å². The van der Waals surface area contributed by atoms with Gasteiger partial charge in [-0.1, -0.05) is 0 Å². The number of benzene rings is 1. The van der Waals surface area contributed by atoms with Gasteiger partial charge in [-0.05, 0) is 44.2 Å². The number of nitrogens with one attached hydrogen (secondary N) is 3. The third kappa shape index (κ3) is 4.78. The number of ether oxygens (including phenoxy) is 2. The predicted octanol–water partition coefficient (Wildman–Crippen LogP) is 3.58. The van der Waals surface area contributed by atoms with Crippen LogP contribution in [0.5, 0.6) is 5.75 Å². The van der Waals surface area contributed by atoms with Crippen LogP contribution < -0.4 is 25.6 Å². The van der Waals surface area contributed by atoms with Crippen molar-refractivity contribution in [1.29, 1.82) is 0 Å². The molecular formula is C23H23F2N7O3. The molecule has 2 aromatic heterocycles. The number of aromatic nitrogens is 3. The van der Waals surface area contributed by atoms with Crippen molar-refractivity contribution < 1.29 is 23.0 Å². The van der Waals surface area contributed by atoms with Crippen molar-refractivity contribution in [3.63, 3.8) is 0 Å². The van der Waals surface area contributed by atoms with E-state index in [-0.39, 0.29) is 29.3 Å². The van der Waals surface area contributed by atoms with Gasteiger partial charge in [-0.25, -0.2) is 18.7 Å². The Morgan fingerprint density at radius 1 is 1.06 bits per heavy atom. The van der Waals surface area contributed by atoms with E-state index in [1.165, 1.54) is 6.07 Å². The molecule has 4 heterocycles. The zero-order chi connectivity index (χ0) is 24.6. The minimum absolute atomic E-state index is 0.0590. The van der Waals surface area contributed by atoms with Gasteiger partial charge in [0, 0.05) is 18.8 Å². The molecule has 0 atom stereocenters. The highest BCUT2D eigenvalue weighted by Gasteiger charge is 2.36. The van der Waals surface area contributed by atoms with Crippen LogP contribution in [0.15, 0.2) is 36.5 Å². The highest BCUT2D eigenvalue weighted by molar-refractivity contribution is 5.99. The van der Waals surface area contributed by atoms with Gasteiger partial charge in [0.15, 0.2) is 28.8 Å². The molecule has 5 rings (SSSR count). The van der Waals surface area contributed by atoms with E-state index < -0.39 is 17.2 Å². The molecule has 0 aliphatic carbocycles. The number of amides is 1. The Balaban J connectivity index is 1.32. The number of hydrogen-bond donors (Lipinski definition) is 3. The van der Waals surface area contributed by atoms with Crippen molar-refractivity contribution in [3.8, 4) is 5.75 Å². The molecule has 0 unspecified atom stereocenters. The maximum absolute atomic E-state index is 14.7. The van der Waals surface area contributed by atoms with Crippen molar-refractivity contribution in [3.05, 3.63) is 48.2 Å². The minimum Gasteiger partial charge on any atom is -0.474 e. The lowest BCUT2D eigenvalue weighted by atomic mass is 10.1. The second-order valence-corrected chi connectivity index (χ2v) is 8.52. The number of hydrogen-bond acceptors (Lipinski definition) is 9. The lowest BCUT2D eigenvalue weighted by molar-refractivity contribution is -0.129. The van der Waals surface area contributed by atoms with Gasteiger partial charge in [-0.2, -0.15) is 4.98 Å². The van der Waals surface area contributed by atoms with E-state index in [1.54, 1.807) is 38.1 Å². The molecule has 0 saturated carbocycles. The molecule has 1 amide bonds. The summed E-state index contributed by atoms with van der Waals surface area (Å²) in [6.45, 7) is 5.62. The Morgan fingerprint density at radius 3 is 2.63 bits per heavy atom. The van der Waals surface area contributed by atoms with Crippen molar-refractivity contribution in [2.75, 3.05) is 47.2 Å². The monoisotopic (exact) mass is 483 g/mol. The lowest BCUT2D eigenvalue weighted by Gasteiger charge is -2.30. The summed E-state index contributed by atoms with van der Waals surface area (Å²) in [6, 6.07) is 7.88. The van der Waals surface area contributed by atoms with Gasteiger partial charge in [0.25, 0.3) is 5.91 Å². The van der Waals surface area contributed by atoms with Crippen LogP contribution in [0, 0.1) is 11.6 Å². The molecule has 3 aromatic rings. The molecule has 35 heavy (non-hydrogen) atoms. The molecule has 1 saturated heterocycles. The molecule has 10 nitrogen and oxygen atoms in total. The highest BCUT2D eigenvalue weighted by atomic mass is 19.1. The summed E-state index contributed by atoms with van der Waals surface area (Å²) < 4.78 is 40.1. The van der Waals surface area contributed by atoms with Crippen LogP contribution in [0.25, 0.3) is 0 Å². The van der Waals surface area contributed by atoms with E-state index in [9.17, 15) is 13.6 Å². The van der Waals surface area contributed by atoms with Gasteiger partial charge in [0.05, 0.1) is 25.1 Å².